The average molecular weight is 280 g/mol. The summed E-state index contributed by atoms with van der Waals surface area (Å²) in [7, 11) is 0. The topological polar surface area (TPSA) is 39.2 Å². The number of carbonyl (C=O) groups excluding carboxylic acids is 1. The molecule has 3 nitrogen and oxygen atoms in total. The number of esters is 1. The van der Waals surface area contributed by atoms with Crippen LogP contribution in [0.4, 0.5) is 8.78 Å². The van der Waals surface area contributed by atoms with Crippen molar-refractivity contribution < 1.29 is 18.3 Å². The van der Waals surface area contributed by atoms with E-state index in [0.717, 1.165) is 6.20 Å². The van der Waals surface area contributed by atoms with Gasteiger partial charge in [0.25, 0.3) is 6.43 Å². The molecule has 0 aliphatic carbocycles. The van der Waals surface area contributed by atoms with E-state index in [1.807, 2.05) is 0 Å². The summed E-state index contributed by atoms with van der Waals surface area (Å²) in [4.78, 5) is 14.7. The second kappa shape index (κ2) is 5.16. The van der Waals surface area contributed by atoms with Gasteiger partial charge in [-0.1, -0.05) is 0 Å². The van der Waals surface area contributed by atoms with Gasteiger partial charge in [0.05, 0.1) is 12.2 Å². The molecule has 1 heterocycles. The molecule has 6 heteroatoms. The second-order valence-electron chi connectivity index (χ2n) is 2.61. The first-order valence-electron chi connectivity index (χ1n) is 4.17. The minimum absolute atomic E-state index is 0.100. The number of rotatable bonds is 3. The highest BCUT2D eigenvalue weighted by atomic mass is 79.9. The first-order valence-corrected chi connectivity index (χ1v) is 4.96. The standard InChI is InChI=1S/C9H8BrF2NO2/c1-2-15-9(14)5-3-6(10)7(8(11)12)13-4-5/h3-4,8H,2H2,1H3. The molecular formula is C9H8BrF2NO2. The number of nitrogens with zero attached hydrogens (tertiary/aromatic N) is 1. The lowest BCUT2D eigenvalue weighted by molar-refractivity contribution is 0.0525. The summed E-state index contributed by atoms with van der Waals surface area (Å²) in [5.41, 5.74) is -0.240. The van der Waals surface area contributed by atoms with Crippen LogP contribution in [-0.4, -0.2) is 17.6 Å². The van der Waals surface area contributed by atoms with Gasteiger partial charge in [-0.15, -0.1) is 0 Å². The predicted octanol–water partition coefficient (Wildman–Crippen LogP) is 2.96. The van der Waals surface area contributed by atoms with Gasteiger partial charge in [0.15, 0.2) is 0 Å². The van der Waals surface area contributed by atoms with Gasteiger partial charge in [-0.2, -0.15) is 0 Å². The number of carbonyl (C=O) groups is 1. The van der Waals surface area contributed by atoms with Gasteiger partial charge in [-0.3, -0.25) is 4.98 Å². The maximum atomic E-state index is 12.3. The molecule has 0 saturated heterocycles. The predicted molar refractivity (Wildman–Crippen MR) is 52.9 cm³/mol. The molecule has 1 aromatic heterocycles. The summed E-state index contributed by atoms with van der Waals surface area (Å²) in [6, 6.07) is 1.27. The van der Waals surface area contributed by atoms with Gasteiger partial charge in [0, 0.05) is 10.7 Å². The molecule has 0 saturated carbocycles. The number of aromatic nitrogens is 1. The SMILES string of the molecule is CCOC(=O)c1cnc(C(F)F)c(Br)c1. The van der Waals surface area contributed by atoms with Crippen LogP contribution in [0.15, 0.2) is 16.7 Å². The lowest BCUT2D eigenvalue weighted by atomic mass is 10.2. The zero-order valence-corrected chi connectivity index (χ0v) is 9.42. The fraction of sp³-hybridized carbons (Fsp3) is 0.333. The fourth-order valence-electron chi connectivity index (χ4n) is 0.935. The van der Waals surface area contributed by atoms with Gasteiger partial charge in [-0.05, 0) is 28.9 Å². The van der Waals surface area contributed by atoms with Gasteiger partial charge < -0.3 is 4.74 Å². The normalized spacial score (nSPS) is 10.5. The van der Waals surface area contributed by atoms with E-state index in [9.17, 15) is 13.6 Å². The Labute approximate surface area is 93.6 Å². The molecule has 0 aromatic carbocycles. The lowest BCUT2D eigenvalue weighted by Crippen LogP contribution is -2.06. The summed E-state index contributed by atoms with van der Waals surface area (Å²) in [6.07, 6.45) is -1.60. The molecule has 1 rings (SSSR count). The van der Waals surface area contributed by atoms with Gasteiger partial charge >= 0.3 is 5.97 Å². The van der Waals surface area contributed by atoms with E-state index in [1.165, 1.54) is 6.07 Å². The third kappa shape index (κ3) is 2.95. The van der Waals surface area contributed by atoms with E-state index < -0.39 is 12.4 Å². The fourth-order valence-corrected chi connectivity index (χ4v) is 1.46. The Morgan fingerprint density at radius 2 is 2.33 bits per heavy atom. The van der Waals surface area contributed by atoms with E-state index in [0.29, 0.717) is 0 Å². The quantitative estimate of drug-likeness (QED) is 0.799. The maximum Gasteiger partial charge on any atom is 0.339 e. The number of hydrogen-bond acceptors (Lipinski definition) is 3. The summed E-state index contributed by atoms with van der Waals surface area (Å²) >= 11 is 2.92. The third-order valence-electron chi connectivity index (χ3n) is 1.59. The van der Waals surface area contributed by atoms with Crippen LogP contribution in [0, 0.1) is 0 Å². The molecule has 0 aliphatic heterocycles. The van der Waals surface area contributed by atoms with Crippen LogP contribution in [0.2, 0.25) is 0 Å². The zero-order chi connectivity index (χ0) is 11.4. The minimum atomic E-state index is -2.67. The van der Waals surface area contributed by atoms with Crippen LogP contribution in [0.25, 0.3) is 0 Å². The number of hydrogen-bond donors (Lipinski definition) is 0. The average Bonchev–Trinajstić information content (AvgIpc) is 2.17. The van der Waals surface area contributed by atoms with Crippen LogP contribution in [0.3, 0.4) is 0 Å². The minimum Gasteiger partial charge on any atom is -0.462 e. The van der Waals surface area contributed by atoms with Crippen molar-refractivity contribution in [1.82, 2.24) is 4.98 Å². The van der Waals surface area contributed by atoms with Crippen molar-refractivity contribution in [3.05, 3.63) is 28.0 Å². The summed E-state index contributed by atoms with van der Waals surface area (Å²) < 4.78 is 29.4. The van der Waals surface area contributed by atoms with E-state index in [2.05, 4.69) is 20.9 Å². The van der Waals surface area contributed by atoms with Crippen molar-refractivity contribution in [1.29, 1.82) is 0 Å². The Balaban J connectivity index is 2.96. The van der Waals surface area contributed by atoms with Crippen LogP contribution in [0.1, 0.15) is 29.4 Å². The van der Waals surface area contributed by atoms with E-state index in [4.69, 9.17) is 4.74 Å². The molecule has 0 aliphatic rings. The molecule has 0 unspecified atom stereocenters. The highest BCUT2D eigenvalue weighted by Gasteiger charge is 2.16. The first kappa shape index (κ1) is 12.0. The third-order valence-corrected chi connectivity index (χ3v) is 2.22. The second-order valence-corrected chi connectivity index (χ2v) is 3.47. The first-order chi connectivity index (χ1) is 7.06. The van der Waals surface area contributed by atoms with Crippen molar-refractivity contribution in [3.8, 4) is 0 Å². The number of halogens is 3. The molecule has 0 N–H and O–H groups in total. The molecule has 0 bridgehead atoms. The molecule has 0 spiro atoms. The molecule has 0 fully saturated rings. The highest BCUT2D eigenvalue weighted by molar-refractivity contribution is 9.10. The van der Waals surface area contributed by atoms with Crippen molar-refractivity contribution in [2.24, 2.45) is 0 Å². The Morgan fingerprint density at radius 1 is 1.67 bits per heavy atom. The summed E-state index contributed by atoms with van der Waals surface area (Å²) in [5.74, 6) is -0.577. The Hall–Kier alpha value is -1.04. The molecular weight excluding hydrogens is 272 g/mol. The number of pyridine rings is 1. The summed E-state index contributed by atoms with van der Waals surface area (Å²) in [6.45, 7) is 1.89. The van der Waals surface area contributed by atoms with E-state index in [1.54, 1.807) is 6.92 Å². The molecule has 0 amide bonds. The van der Waals surface area contributed by atoms with Crippen LogP contribution in [-0.2, 0) is 4.74 Å². The largest absolute Gasteiger partial charge is 0.462 e. The molecule has 0 radical (unpaired) electrons. The van der Waals surface area contributed by atoms with E-state index in [-0.39, 0.29) is 22.3 Å². The van der Waals surface area contributed by atoms with Crippen molar-refractivity contribution in [3.63, 3.8) is 0 Å². The number of ether oxygens (including phenoxy) is 1. The van der Waals surface area contributed by atoms with E-state index >= 15 is 0 Å². The molecule has 15 heavy (non-hydrogen) atoms. The van der Waals surface area contributed by atoms with Gasteiger partial charge in [-0.25, -0.2) is 13.6 Å². The van der Waals surface area contributed by atoms with Crippen molar-refractivity contribution in [2.45, 2.75) is 13.3 Å². The Kier molecular flexibility index (Phi) is 4.14. The monoisotopic (exact) mass is 279 g/mol. The van der Waals surface area contributed by atoms with Crippen LogP contribution in [0.5, 0.6) is 0 Å². The summed E-state index contributed by atoms with van der Waals surface area (Å²) in [5, 5.41) is 0. The van der Waals surface area contributed by atoms with Gasteiger partial charge in [0.1, 0.15) is 5.69 Å². The van der Waals surface area contributed by atoms with Crippen molar-refractivity contribution >= 4 is 21.9 Å². The Morgan fingerprint density at radius 3 is 2.80 bits per heavy atom. The molecule has 1 aromatic rings. The molecule has 82 valence electrons. The number of alkyl halides is 2. The lowest BCUT2D eigenvalue weighted by Gasteiger charge is -2.05. The van der Waals surface area contributed by atoms with Crippen LogP contribution >= 0.6 is 15.9 Å². The Bertz CT molecular complexity index is 371. The maximum absolute atomic E-state index is 12.3. The smallest absolute Gasteiger partial charge is 0.339 e. The zero-order valence-electron chi connectivity index (χ0n) is 7.84. The van der Waals surface area contributed by atoms with Gasteiger partial charge in [0.2, 0.25) is 0 Å². The molecule has 0 atom stereocenters. The van der Waals surface area contributed by atoms with Crippen molar-refractivity contribution in [2.75, 3.05) is 6.61 Å². The van der Waals surface area contributed by atoms with Crippen LogP contribution < -0.4 is 0 Å². The highest BCUT2D eigenvalue weighted by Crippen LogP contribution is 2.25.